The van der Waals surface area contributed by atoms with Crippen LogP contribution in [0.25, 0.3) is 0 Å². The molecular weight excluding hydrogens is 305 g/mol. The van der Waals surface area contributed by atoms with Crippen molar-refractivity contribution in [3.63, 3.8) is 0 Å². The fourth-order valence-electron chi connectivity index (χ4n) is 2.37. The minimum Gasteiger partial charge on any atom is -0.399 e. The second-order valence-corrected chi connectivity index (χ2v) is 7.23. The number of halogens is 3. The van der Waals surface area contributed by atoms with Gasteiger partial charge in [0.05, 0.1) is 5.75 Å². The molecule has 1 heterocycles. The molecular formula is C13H17F3N2O2S. The summed E-state index contributed by atoms with van der Waals surface area (Å²) in [6, 6.07) is 5.33. The van der Waals surface area contributed by atoms with Crippen molar-refractivity contribution in [2.24, 2.45) is 0 Å². The zero-order chi connectivity index (χ0) is 15.7. The summed E-state index contributed by atoms with van der Waals surface area (Å²) in [5, 5.41) is 0. The van der Waals surface area contributed by atoms with E-state index in [0.29, 0.717) is 18.7 Å². The van der Waals surface area contributed by atoms with Gasteiger partial charge >= 0.3 is 6.18 Å². The number of fused-ring (bicyclic) bond motifs is 1. The van der Waals surface area contributed by atoms with Gasteiger partial charge in [0, 0.05) is 25.2 Å². The molecule has 1 aromatic carbocycles. The summed E-state index contributed by atoms with van der Waals surface area (Å²) in [7, 11) is -3.67. The van der Waals surface area contributed by atoms with Crippen molar-refractivity contribution in [3.05, 3.63) is 29.3 Å². The molecule has 1 aromatic rings. The molecule has 0 unspecified atom stereocenters. The molecule has 8 heteroatoms. The number of alkyl halides is 3. The van der Waals surface area contributed by atoms with Crippen molar-refractivity contribution in [1.82, 2.24) is 4.31 Å². The van der Waals surface area contributed by atoms with E-state index in [1.807, 2.05) is 6.07 Å². The average Bonchev–Trinajstić information content (AvgIpc) is 2.36. The lowest BCUT2D eigenvalue weighted by Gasteiger charge is -2.28. The van der Waals surface area contributed by atoms with Crippen molar-refractivity contribution in [3.8, 4) is 0 Å². The molecule has 0 aliphatic carbocycles. The van der Waals surface area contributed by atoms with Gasteiger partial charge in [0.1, 0.15) is 0 Å². The normalized spacial score (nSPS) is 16.7. The average molecular weight is 322 g/mol. The van der Waals surface area contributed by atoms with Crippen LogP contribution in [0.3, 0.4) is 0 Å². The Balaban J connectivity index is 2.02. The van der Waals surface area contributed by atoms with Crippen LogP contribution in [0, 0.1) is 0 Å². The molecule has 0 spiro atoms. The van der Waals surface area contributed by atoms with Gasteiger partial charge in [0.15, 0.2) is 0 Å². The van der Waals surface area contributed by atoms with E-state index < -0.39 is 34.8 Å². The molecule has 0 atom stereocenters. The van der Waals surface area contributed by atoms with Gasteiger partial charge in [0.2, 0.25) is 10.0 Å². The summed E-state index contributed by atoms with van der Waals surface area (Å²) in [6.45, 7) is 0.472. The minimum absolute atomic E-state index is 0.175. The first-order valence-electron chi connectivity index (χ1n) is 6.59. The highest BCUT2D eigenvalue weighted by Gasteiger charge is 2.30. The van der Waals surface area contributed by atoms with E-state index in [1.165, 1.54) is 4.31 Å². The smallest absolute Gasteiger partial charge is 0.389 e. The number of nitrogen functional groups attached to an aromatic ring is 1. The van der Waals surface area contributed by atoms with Crippen LogP contribution in [0.5, 0.6) is 0 Å². The highest BCUT2D eigenvalue weighted by atomic mass is 32.2. The van der Waals surface area contributed by atoms with E-state index in [0.717, 1.165) is 11.1 Å². The van der Waals surface area contributed by atoms with Crippen LogP contribution in [0.15, 0.2) is 18.2 Å². The van der Waals surface area contributed by atoms with Gasteiger partial charge in [-0.3, -0.25) is 0 Å². The fourth-order valence-corrected chi connectivity index (χ4v) is 3.85. The molecule has 1 aliphatic heterocycles. The Hall–Kier alpha value is -1.28. The maximum atomic E-state index is 12.1. The third-order valence-electron chi connectivity index (χ3n) is 3.46. The summed E-state index contributed by atoms with van der Waals surface area (Å²) in [5.41, 5.74) is 8.07. The first-order valence-corrected chi connectivity index (χ1v) is 8.20. The van der Waals surface area contributed by atoms with Crippen molar-refractivity contribution < 1.29 is 21.6 Å². The number of nitrogens with zero attached hydrogens (tertiary/aromatic N) is 1. The number of hydrogen-bond acceptors (Lipinski definition) is 3. The first-order chi connectivity index (χ1) is 9.67. The number of sulfonamides is 1. The van der Waals surface area contributed by atoms with E-state index in [9.17, 15) is 21.6 Å². The van der Waals surface area contributed by atoms with E-state index in [-0.39, 0.29) is 6.54 Å². The third-order valence-corrected chi connectivity index (χ3v) is 5.37. The lowest BCUT2D eigenvalue weighted by atomic mass is 10.0. The van der Waals surface area contributed by atoms with Gasteiger partial charge in [0.25, 0.3) is 0 Å². The summed E-state index contributed by atoms with van der Waals surface area (Å²) < 4.78 is 61.7. The molecule has 0 amide bonds. The van der Waals surface area contributed by atoms with Crippen molar-refractivity contribution in [2.75, 3.05) is 18.0 Å². The molecule has 2 rings (SSSR count). The van der Waals surface area contributed by atoms with Gasteiger partial charge in [-0.25, -0.2) is 8.42 Å². The van der Waals surface area contributed by atoms with Gasteiger partial charge in [-0.15, -0.1) is 0 Å². The lowest BCUT2D eigenvalue weighted by Crippen LogP contribution is -2.37. The highest BCUT2D eigenvalue weighted by Crippen LogP contribution is 2.25. The third kappa shape index (κ3) is 4.34. The second kappa shape index (κ2) is 5.84. The Kier molecular flexibility index (Phi) is 4.48. The van der Waals surface area contributed by atoms with E-state index in [2.05, 4.69) is 0 Å². The zero-order valence-electron chi connectivity index (χ0n) is 11.4. The summed E-state index contributed by atoms with van der Waals surface area (Å²) in [6.07, 6.45) is -5.26. The van der Waals surface area contributed by atoms with Crippen LogP contribution in [0.4, 0.5) is 18.9 Å². The SMILES string of the molecule is Nc1ccc2c(c1)CN(S(=O)(=O)CCCC(F)(F)F)CC2. The first kappa shape index (κ1) is 16.1. The van der Waals surface area contributed by atoms with Crippen LogP contribution < -0.4 is 5.73 Å². The molecule has 0 bridgehead atoms. The monoisotopic (exact) mass is 322 g/mol. The number of nitrogens with two attached hydrogens (primary N) is 1. The topological polar surface area (TPSA) is 63.4 Å². The Morgan fingerprint density at radius 2 is 1.95 bits per heavy atom. The lowest BCUT2D eigenvalue weighted by molar-refractivity contribution is -0.134. The zero-order valence-corrected chi connectivity index (χ0v) is 12.2. The second-order valence-electron chi connectivity index (χ2n) is 5.15. The van der Waals surface area contributed by atoms with Crippen LogP contribution >= 0.6 is 0 Å². The van der Waals surface area contributed by atoms with Crippen molar-refractivity contribution >= 4 is 15.7 Å². The molecule has 2 N–H and O–H groups in total. The number of benzene rings is 1. The summed E-state index contributed by atoms with van der Waals surface area (Å²) in [4.78, 5) is 0. The largest absolute Gasteiger partial charge is 0.399 e. The Morgan fingerprint density at radius 3 is 2.62 bits per heavy atom. The van der Waals surface area contributed by atoms with Crippen molar-refractivity contribution in [1.29, 1.82) is 0 Å². The number of anilines is 1. The van der Waals surface area contributed by atoms with Crippen LogP contribution in [0.1, 0.15) is 24.0 Å². The number of rotatable bonds is 4. The molecule has 0 saturated carbocycles. The van der Waals surface area contributed by atoms with E-state index >= 15 is 0 Å². The Bertz CT molecular complexity index is 614. The summed E-state index contributed by atoms with van der Waals surface area (Å²) >= 11 is 0. The van der Waals surface area contributed by atoms with Gasteiger partial charge in [-0.05, 0) is 36.1 Å². The molecule has 4 nitrogen and oxygen atoms in total. The van der Waals surface area contributed by atoms with Crippen LogP contribution in [-0.2, 0) is 23.0 Å². The van der Waals surface area contributed by atoms with Gasteiger partial charge in [-0.2, -0.15) is 17.5 Å². The predicted octanol–water partition coefficient (Wildman–Crippen LogP) is 2.30. The van der Waals surface area contributed by atoms with Crippen molar-refractivity contribution in [2.45, 2.75) is 32.0 Å². The van der Waals surface area contributed by atoms with Gasteiger partial charge in [-0.1, -0.05) is 6.07 Å². The minimum atomic E-state index is -4.32. The molecule has 118 valence electrons. The molecule has 0 aromatic heterocycles. The summed E-state index contributed by atoms with van der Waals surface area (Å²) in [5.74, 6) is -0.482. The maximum absolute atomic E-state index is 12.1. The Labute approximate surface area is 121 Å². The fraction of sp³-hybridized carbons (Fsp3) is 0.538. The standard InChI is InChI=1S/C13H17F3N2O2S/c14-13(15,16)5-1-7-21(19,20)18-6-4-10-2-3-12(17)8-11(10)9-18/h2-3,8H,1,4-7,9,17H2. The van der Waals surface area contributed by atoms with E-state index in [4.69, 9.17) is 5.73 Å². The number of hydrogen-bond donors (Lipinski definition) is 1. The van der Waals surface area contributed by atoms with Crippen LogP contribution in [0.2, 0.25) is 0 Å². The van der Waals surface area contributed by atoms with Crippen LogP contribution in [-0.4, -0.2) is 31.2 Å². The van der Waals surface area contributed by atoms with E-state index in [1.54, 1.807) is 12.1 Å². The molecule has 21 heavy (non-hydrogen) atoms. The predicted molar refractivity (Wildman–Crippen MR) is 74.0 cm³/mol. The molecule has 0 saturated heterocycles. The molecule has 0 fully saturated rings. The maximum Gasteiger partial charge on any atom is 0.389 e. The molecule has 1 aliphatic rings. The van der Waals surface area contributed by atoms with Gasteiger partial charge < -0.3 is 5.73 Å². The quantitative estimate of drug-likeness (QED) is 0.865. The highest BCUT2D eigenvalue weighted by molar-refractivity contribution is 7.89. The molecule has 0 radical (unpaired) electrons. The Morgan fingerprint density at radius 1 is 1.24 bits per heavy atom.